The van der Waals surface area contributed by atoms with Crippen molar-refractivity contribution in [1.29, 1.82) is 0 Å². The summed E-state index contributed by atoms with van der Waals surface area (Å²) in [6, 6.07) is 0.462. The van der Waals surface area contributed by atoms with E-state index in [9.17, 15) is 0 Å². The molecule has 0 radical (unpaired) electrons. The maximum Gasteiger partial charge on any atom is 0.124 e. The molecule has 0 aromatic rings. The molecule has 4 nitrogen and oxygen atoms in total. The van der Waals surface area contributed by atoms with Gasteiger partial charge in [-0.15, -0.1) is 0 Å². The largest absolute Gasteiger partial charge is 0.369 e. The Morgan fingerprint density at radius 3 is 3.00 bits per heavy atom. The van der Waals surface area contributed by atoms with Crippen molar-refractivity contribution < 1.29 is 9.33 Å². The molecule has 3 aliphatic heterocycles. The Balaban J connectivity index is 2.12. The van der Waals surface area contributed by atoms with Crippen LogP contribution in [0, 0.1) is 0 Å². The second kappa shape index (κ2) is 2.42. The van der Waals surface area contributed by atoms with E-state index in [2.05, 4.69) is 12.4 Å². The minimum absolute atomic E-state index is 0.323. The Morgan fingerprint density at radius 1 is 1.55 bits per heavy atom. The molecule has 3 rings (SSSR count). The van der Waals surface area contributed by atoms with Gasteiger partial charge in [0.05, 0.1) is 19.7 Å². The first kappa shape index (κ1) is 7.49. The van der Waals surface area contributed by atoms with Crippen molar-refractivity contribution in [2.45, 2.75) is 12.1 Å². The van der Waals surface area contributed by atoms with Crippen molar-refractivity contribution in [3.63, 3.8) is 0 Å². The molecule has 4 heteroatoms. The topological polar surface area (TPSA) is 47.3 Å². The number of morpholine rings is 1. The Hall–Kier alpha value is -0.160. The molecule has 3 fully saturated rings. The third-order valence-corrected chi connectivity index (χ3v) is 2.43. The van der Waals surface area contributed by atoms with Crippen LogP contribution in [0.5, 0.6) is 0 Å². The molecule has 3 unspecified atom stereocenters. The number of quaternary nitrogens is 1. The summed E-state index contributed by atoms with van der Waals surface area (Å²) in [5.74, 6) is 6.02. The van der Waals surface area contributed by atoms with Crippen LogP contribution in [-0.2, 0) is 4.74 Å². The van der Waals surface area contributed by atoms with Crippen LogP contribution in [0.15, 0.2) is 0 Å². The molecule has 0 saturated carbocycles. The highest BCUT2D eigenvalue weighted by Crippen LogP contribution is 2.12. The highest BCUT2D eigenvalue weighted by molar-refractivity contribution is 4.79. The molecular formula is C7H16N3O+. The van der Waals surface area contributed by atoms with Crippen LogP contribution >= 0.6 is 0 Å². The van der Waals surface area contributed by atoms with Crippen LogP contribution in [-0.4, -0.2) is 50.0 Å². The van der Waals surface area contributed by atoms with Crippen LogP contribution in [0.4, 0.5) is 0 Å². The number of nitrogens with one attached hydrogen (secondary N) is 1. The lowest BCUT2D eigenvalue weighted by Gasteiger charge is -2.26. The lowest BCUT2D eigenvalue weighted by molar-refractivity contribution is -0.921. The summed E-state index contributed by atoms with van der Waals surface area (Å²) in [7, 11) is 2.06. The number of ether oxygens (including phenoxy) is 1. The summed E-state index contributed by atoms with van der Waals surface area (Å²) in [5, 5.41) is 3.42. The van der Waals surface area contributed by atoms with Crippen molar-refractivity contribution in [2.24, 2.45) is 5.84 Å². The lowest BCUT2D eigenvalue weighted by Crippen LogP contribution is -2.55. The van der Waals surface area contributed by atoms with E-state index in [0.29, 0.717) is 16.7 Å². The van der Waals surface area contributed by atoms with E-state index in [1.165, 1.54) is 0 Å². The Labute approximate surface area is 66.9 Å². The molecule has 3 saturated heterocycles. The third kappa shape index (κ3) is 1.54. The fourth-order valence-electron chi connectivity index (χ4n) is 1.95. The summed E-state index contributed by atoms with van der Waals surface area (Å²) < 4.78 is 6.18. The molecule has 3 aliphatic rings. The zero-order chi connectivity index (χ0) is 7.90. The Bertz CT molecular complexity index is 136. The summed E-state index contributed by atoms with van der Waals surface area (Å²) in [5.41, 5.74) is 0. The van der Waals surface area contributed by atoms with E-state index in [-0.39, 0.29) is 0 Å². The SMILES string of the molecule is C[N+]1(N)CC2COC(CN2)C1. The molecule has 2 bridgehead atoms. The lowest BCUT2D eigenvalue weighted by atomic mass is 10.2. The van der Waals surface area contributed by atoms with Crippen molar-refractivity contribution >= 4 is 0 Å². The first-order chi connectivity index (χ1) is 5.16. The van der Waals surface area contributed by atoms with E-state index < -0.39 is 0 Å². The maximum atomic E-state index is 6.02. The number of fused-ring (bicyclic) bond motifs is 4. The summed E-state index contributed by atoms with van der Waals surface area (Å²) >= 11 is 0. The average molecular weight is 158 g/mol. The molecule has 0 spiro atoms. The maximum absolute atomic E-state index is 6.02. The van der Waals surface area contributed by atoms with Gasteiger partial charge in [-0.1, -0.05) is 0 Å². The number of likely N-dealkylation sites (N-methyl/N-ethyl adjacent to an activating group) is 1. The standard InChI is InChI=1S/C7H16N3O/c1-10(8)3-6-5-11-7(4-10)2-9-6/h6-7,9H,2-5,8H2,1H3/q+1. The third-order valence-electron chi connectivity index (χ3n) is 2.43. The van der Waals surface area contributed by atoms with E-state index >= 15 is 0 Å². The van der Waals surface area contributed by atoms with E-state index in [0.717, 1.165) is 26.2 Å². The summed E-state index contributed by atoms with van der Waals surface area (Å²) in [6.07, 6.45) is 0.323. The first-order valence-corrected chi connectivity index (χ1v) is 4.14. The quantitative estimate of drug-likeness (QED) is 0.339. The highest BCUT2D eigenvalue weighted by atomic mass is 16.5. The van der Waals surface area contributed by atoms with Gasteiger partial charge in [-0.05, 0) is 0 Å². The zero-order valence-corrected chi connectivity index (χ0v) is 6.92. The van der Waals surface area contributed by atoms with Crippen molar-refractivity contribution in [3.8, 4) is 0 Å². The van der Waals surface area contributed by atoms with Gasteiger partial charge >= 0.3 is 0 Å². The minimum Gasteiger partial charge on any atom is -0.369 e. The van der Waals surface area contributed by atoms with Crippen LogP contribution in [0.2, 0.25) is 0 Å². The van der Waals surface area contributed by atoms with Gasteiger partial charge in [-0.2, -0.15) is 5.84 Å². The molecule has 0 amide bonds. The van der Waals surface area contributed by atoms with Crippen LogP contribution in [0.3, 0.4) is 0 Å². The fourth-order valence-corrected chi connectivity index (χ4v) is 1.95. The van der Waals surface area contributed by atoms with Crippen molar-refractivity contribution in [2.75, 3.05) is 33.3 Å². The van der Waals surface area contributed by atoms with Gasteiger partial charge < -0.3 is 10.1 Å². The van der Waals surface area contributed by atoms with E-state index in [1.807, 2.05) is 0 Å². The van der Waals surface area contributed by atoms with Crippen LogP contribution in [0.25, 0.3) is 0 Å². The normalized spacial score (nSPS) is 50.7. The summed E-state index contributed by atoms with van der Waals surface area (Å²) in [6.45, 7) is 3.71. The molecule has 0 aromatic carbocycles. The van der Waals surface area contributed by atoms with Gasteiger partial charge in [0, 0.05) is 6.54 Å². The monoisotopic (exact) mass is 158 g/mol. The van der Waals surface area contributed by atoms with Crippen molar-refractivity contribution in [3.05, 3.63) is 0 Å². The molecule has 0 aromatic heterocycles. The van der Waals surface area contributed by atoms with Gasteiger partial charge in [0.1, 0.15) is 19.2 Å². The molecule has 11 heavy (non-hydrogen) atoms. The second-order valence-corrected chi connectivity index (χ2v) is 3.91. The molecule has 0 aliphatic carbocycles. The van der Waals surface area contributed by atoms with Gasteiger partial charge in [0.25, 0.3) is 0 Å². The first-order valence-electron chi connectivity index (χ1n) is 4.14. The molecule has 3 heterocycles. The summed E-state index contributed by atoms with van der Waals surface area (Å²) in [4.78, 5) is 0. The van der Waals surface area contributed by atoms with E-state index in [4.69, 9.17) is 10.6 Å². The van der Waals surface area contributed by atoms with Gasteiger partial charge in [0.2, 0.25) is 0 Å². The van der Waals surface area contributed by atoms with Crippen LogP contribution < -0.4 is 11.2 Å². The van der Waals surface area contributed by atoms with Crippen LogP contribution in [0.1, 0.15) is 0 Å². The molecule has 3 N–H and O–H groups in total. The van der Waals surface area contributed by atoms with Gasteiger partial charge in [-0.3, -0.25) is 0 Å². The van der Waals surface area contributed by atoms with Crippen molar-refractivity contribution in [1.82, 2.24) is 5.32 Å². The number of hydrogen-bond acceptors (Lipinski definition) is 3. The number of rotatable bonds is 0. The zero-order valence-electron chi connectivity index (χ0n) is 6.92. The molecule has 3 atom stereocenters. The Kier molecular flexibility index (Phi) is 1.64. The fraction of sp³-hybridized carbons (Fsp3) is 1.00. The predicted molar refractivity (Wildman–Crippen MR) is 41.6 cm³/mol. The van der Waals surface area contributed by atoms with E-state index in [1.54, 1.807) is 0 Å². The van der Waals surface area contributed by atoms with Gasteiger partial charge in [0.15, 0.2) is 0 Å². The smallest absolute Gasteiger partial charge is 0.124 e. The molecule has 64 valence electrons. The predicted octanol–water partition coefficient (Wildman–Crippen LogP) is -1.32. The minimum atomic E-state index is 0.323. The average Bonchev–Trinajstić information content (AvgIpc) is 2.12. The second-order valence-electron chi connectivity index (χ2n) is 3.91. The number of nitrogens with zero attached hydrogens (tertiary/aromatic N) is 1. The Morgan fingerprint density at radius 2 is 2.36 bits per heavy atom. The molecular weight excluding hydrogens is 142 g/mol. The number of nitrogens with two attached hydrogens (primary N) is 1. The van der Waals surface area contributed by atoms with Gasteiger partial charge in [-0.25, -0.2) is 4.59 Å². The number of hydrogen-bond donors (Lipinski definition) is 2. The highest BCUT2D eigenvalue weighted by Gasteiger charge is 2.36.